The summed E-state index contributed by atoms with van der Waals surface area (Å²) in [6.45, 7) is 0.926. The molecule has 98 valence electrons. The molecule has 2 heteroatoms. The maximum Gasteiger partial charge on any atom is 0.0510 e. The molecule has 0 spiro atoms. The second kappa shape index (κ2) is 5.54. The average molecular weight is 252 g/mol. The van der Waals surface area contributed by atoms with Gasteiger partial charge in [-0.3, -0.25) is 4.98 Å². The number of aromatic nitrogens is 1. The molecule has 0 bridgehead atoms. The topological polar surface area (TPSA) is 24.9 Å². The molecule has 1 aromatic heterocycles. The molecule has 0 radical (unpaired) electrons. The van der Waals surface area contributed by atoms with Crippen LogP contribution in [0.3, 0.4) is 0 Å². The van der Waals surface area contributed by atoms with E-state index in [0.29, 0.717) is 5.92 Å². The zero-order valence-electron chi connectivity index (χ0n) is 11.4. The predicted octanol–water partition coefficient (Wildman–Crippen LogP) is 3.27. The van der Waals surface area contributed by atoms with Crippen LogP contribution in [0.15, 0.2) is 42.6 Å². The van der Waals surface area contributed by atoms with Gasteiger partial charge in [-0.2, -0.15) is 0 Å². The van der Waals surface area contributed by atoms with Gasteiger partial charge in [-0.05, 0) is 49.1 Å². The quantitative estimate of drug-likeness (QED) is 0.907. The number of aryl methyl sites for hydroxylation is 1. The molecule has 0 saturated carbocycles. The molecule has 3 rings (SSSR count). The van der Waals surface area contributed by atoms with E-state index in [0.717, 1.165) is 6.54 Å². The molecule has 1 aliphatic rings. The first kappa shape index (κ1) is 12.4. The van der Waals surface area contributed by atoms with E-state index in [1.807, 2.05) is 13.2 Å². The highest BCUT2D eigenvalue weighted by atomic mass is 14.8. The molecule has 1 atom stereocenters. The normalized spacial score (nSPS) is 18.1. The van der Waals surface area contributed by atoms with Crippen molar-refractivity contribution >= 4 is 0 Å². The summed E-state index contributed by atoms with van der Waals surface area (Å²) in [4.78, 5) is 4.64. The Morgan fingerprint density at radius 2 is 2.21 bits per heavy atom. The predicted molar refractivity (Wildman–Crippen MR) is 78.2 cm³/mol. The lowest BCUT2D eigenvalue weighted by molar-refractivity contribution is 0.598. The van der Waals surface area contributed by atoms with E-state index in [-0.39, 0.29) is 0 Å². The van der Waals surface area contributed by atoms with Gasteiger partial charge in [0.2, 0.25) is 0 Å². The van der Waals surface area contributed by atoms with Crippen LogP contribution in [0.2, 0.25) is 0 Å². The van der Waals surface area contributed by atoms with Crippen molar-refractivity contribution in [3.8, 4) is 0 Å². The number of fused-ring (bicyclic) bond motifs is 1. The Morgan fingerprint density at radius 1 is 1.26 bits per heavy atom. The molecule has 2 nitrogen and oxygen atoms in total. The van der Waals surface area contributed by atoms with Gasteiger partial charge < -0.3 is 5.32 Å². The maximum atomic E-state index is 4.64. The van der Waals surface area contributed by atoms with Crippen LogP contribution in [0.25, 0.3) is 0 Å². The van der Waals surface area contributed by atoms with Crippen molar-refractivity contribution in [1.82, 2.24) is 10.3 Å². The minimum atomic E-state index is 0.474. The molecular formula is C17H20N2. The minimum absolute atomic E-state index is 0.474. The van der Waals surface area contributed by atoms with Crippen LogP contribution in [0.5, 0.6) is 0 Å². The Balaban J connectivity index is 1.97. The van der Waals surface area contributed by atoms with Crippen molar-refractivity contribution in [2.24, 2.45) is 0 Å². The summed E-state index contributed by atoms with van der Waals surface area (Å²) in [5.41, 5.74) is 5.48. The summed E-state index contributed by atoms with van der Waals surface area (Å²) < 4.78 is 0. The third kappa shape index (κ3) is 2.54. The molecule has 19 heavy (non-hydrogen) atoms. The summed E-state index contributed by atoms with van der Waals surface area (Å²) in [5.74, 6) is 0.474. The van der Waals surface area contributed by atoms with Gasteiger partial charge in [0, 0.05) is 18.7 Å². The number of hydrogen-bond acceptors (Lipinski definition) is 2. The van der Waals surface area contributed by atoms with Crippen LogP contribution in [0.1, 0.15) is 41.1 Å². The fourth-order valence-electron chi connectivity index (χ4n) is 3.06. The Hall–Kier alpha value is -1.67. The van der Waals surface area contributed by atoms with Gasteiger partial charge in [-0.25, -0.2) is 0 Å². The highest BCUT2D eigenvalue weighted by molar-refractivity contribution is 5.37. The van der Waals surface area contributed by atoms with Crippen LogP contribution in [0, 0.1) is 0 Å². The van der Waals surface area contributed by atoms with Gasteiger partial charge in [0.15, 0.2) is 0 Å². The van der Waals surface area contributed by atoms with Crippen LogP contribution < -0.4 is 5.32 Å². The van der Waals surface area contributed by atoms with E-state index in [1.54, 1.807) is 0 Å². The molecule has 1 N–H and O–H groups in total. The zero-order chi connectivity index (χ0) is 13.1. The second-order valence-corrected chi connectivity index (χ2v) is 5.27. The summed E-state index contributed by atoms with van der Waals surface area (Å²) in [7, 11) is 1.99. The minimum Gasteiger partial charge on any atom is -0.316 e. The molecule has 2 aromatic rings. The molecule has 0 fully saturated rings. The number of benzene rings is 1. The molecule has 0 amide bonds. The third-order valence-corrected chi connectivity index (χ3v) is 3.93. The lowest BCUT2D eigenvalue weighted by atomic mass is 9.82. The molecule has 0 saturated heterocycles. The van der Waals surface area contributed by atoms with E-state index < -0.39 is 0 Å². The van der Waals surface area contributed by atoms with E-state index in [4.69, 9.17) is 0 Å². The molecule has 1 aliphatic carbocycles. The van der Waals surface area contributed by atoms with Crippen LogP contribution in [0.4, 0.5) is 0 Å². The SMILES string of the molecule is CNCc1cccc(C2CCCc3cccnc32)c1. The summed E-state index contributed by atoms with van der Waals surface area (Å²) in [5, 5.41) is 3.22. The zero-order valence-corrected chi connectivity index (χ0v) is 11.4. The first-order chi connectivity index (χ1) is 9.38. The Morgan fingerprint density at radius 3 is 3.11 bits per heavy atom. The van der Waals surface area contributed by atoms with Gasteiger partial charge in [-0.1, -0.05) is 30.3 Å². The monoisotopic (exact) mass is 252 g/mol. The number of pyridine rings is 1. The standard InChI is InChI=1S/C17H20N2/c1-18-12-13-5-2-7-15(11-13)16-9-3-6-14-8-4-10-19-17(14)16/h2,4-5,7-8,10-11,16,18H,3,6,9,12H2,1H3. The van der Waals surface area contributed by atoms with Gasteiger partial charge >= 0.3 is 0 Å². The van der Waals surface area contributed by atoms with Gasteiger partial charge in [0.05, 0.1) is 5.69 Å². The van der Waals surface area contributed by atoms with Crippen molar-refractivity contribution in [3.05, 3.63) is 65.0 Å². The first-order valence-corrected chi connectivity index (χ1v) is 7.05. The van der Waals surface area contributed by atoms with Crippen LogP contribution >= 0.6 is 0 Å². The number of hydrogen-bond donors (Lipinski definition) is 1. The smallest absolute Gasteiger partial charge is 0.0510 e. The highest BCUT2D eigenvalue weighted by Crippen LogP contribution is 2.35. The summed E-state index contributed by atoms with van der Waals surface area (Å²) >= 11 is 0. The van der Waals surface area contributed by atoms with Crippen molar-refractivity contribution < 1.29 is 0 Å². The van der Waals surface area contributed by atoms with Crippen molar-refractivity contribution in [1.29, 1.82) is 0 Å². The Bertz CT molecular complexity index is 563. The summed E-state index contributed by atoms with van der Waals surface area (Å²) in [6.07, 6.45) is 5.58. The fourth-order valence-corrected chi connectivity index (χ4v) is 3.06. The molecular weight excluding hydrogens is 232 g/mol. The lowest BCUT2D eigenvalue weighted by Gasteiger charge is -2.25. The van der Waals surface area contributed by atoms with E-state index in [9.17, 15) is 0 Å². The third-order valence-electron chi connectivity index (χ3n) is 3.93. The van der Waals surface area contributed by atoms with Gasteiger partial charge in [0.25, 0.3) is 0 Å². The number of rotatable bonds is 3. The highest BCUT2D eigenvalue weighted by Gasteiger charge is 2.22. The Kier molecular flexibility index (Phi) is 3.60. The molecule has 1 heterocycles. The van der Waals surface area contributed by atoms with Crippen LogP contribution in [-0.2, 0) is 13.0 Å². The summed E-state index contributed by atoms with van der Waals surface area (Å²) in [6, 6.07) is 13.2. The molecule has 1 aromatic carbocycles. The van der Waals surface area contributed by atoms with Gasteiger partial charge in [0.1, 0.15) is 0 Å². The molecule has 1 unspecified atom stereocenters. The number of nitrogens with zero attached hydrogens (tertiary/aromatic N) is 1. The number of nitrogens with one attached hydrogen (secondary N) is 1. The van der Waals surface area contributed by atoms with Crippen molar-refractivity contribution in [3.63, 3.8) is 0 Å². The van der Waals surface area contributed by atoms with Crippen molar-refractivity contribution in [2.45, 2.75) is 31.7 Å². The average Bonchev–Trinajstić information content (AvgIpc) is 2.47. The van der Waals surface area contributed by atoms with E-state index in [1.165, 1.54) is 41.6 Å². The van der Waals surface area contributed by atoms with Crippen molar-refractivity contribution in [2.75, 3.05) is 7.05 Å². The van der Waals surface area contributed by atoms with Gasteiger partial charge in [-0.15, -0.1) is 0 Å². The second-order valence-electron chi connectivity index (χ2n) is 5.27. The van der Waals surface area contributed by atoms with Crippen LogP contribution in [-0.4, -0.2) is 12.0 Å². The Labute approximate surface area is 114 Å². The fraction of sp³-hybridized carbons (Fsp3) is 0.353. The first-order valence-electron chi connectivity index (χ1n) is 7.05. The van der Waals surface area contributed by atoms with E-state index in [2.05, 4.69) is 46.7 Å². The maximum absolute atomic E-state index is 4.64. The van der Waals surface area contributed by atoms with E-state index >= 15 is 0 Å². The molecule has 0 aliphatic heterocycles. The largest absolute Gasteiger partial charge is 0.316 e. The lowest BCUT2D eigenvalue weighted by Crippen LogP contribution is -2.13.